The van der Waals surface area contributed by atoms with Crippen LogP contribution in [-0.4, -0.2) is 23.7 Å². The lowest BCUT2D eigenvalue weighted by atomic mass is 10.1. The van der Waals surface area contributed by atoms with Gasteiger partial charge in [0.25, 0.3) is 0 Å². The predicted molar refractivity (Wildman–Crippen MR) is 74.1 cm³/mol. The molecule has 0 saturated heterocycles. The van der Waals surface area contributed by atoms with Gasteiger partial charge in [-0.1, -0.05) is 12.8 Å². The van der Waals surface area contributed by atoms with Crippen LogP contribution in [0.3, 0.4) is 0 Å². The first-order valence-corrected chi connectivity index (χ1v) is 6.70. The molecule has 1 rings (SSSR count). The number of benzene rings is 1. The Balaban J connectivity index is 2.15. The highest BCUT2D eigenvalue weighted by Crippen LogP contribution is 2.12. The van der Waals surface area contributed by atoms with Crippen LogP contribution in [0.5, 0.6) is 0 Å². The molecule has 0 bridgehead atoms. The van der Waals surface area contributed by atoms with Crippen LogP contribution in [0, 0.1) is 11.6 Å². The number of amides is 2. The summed E-state index contributed by atoms with van der Waals surface area (Å²) >= 11 is 0. The molecule has 0 aliphatic carbocycles. The van der Waals surface area contributed by atoms with Gasteiger partial charge in [0.15, 0.2) is 0 Å². The van der Waals surface area contributed by atoms with Gasteiger partial charge in [0, 0.05) is 24.7 Å². The smallest absolute Gasteiger partial charge is 0.319 e. The first-order chi connectivity index (χ1) is 9.97. The van der Waals surface area contributed by atoms with Crippen LogP contribution >= 0.6 is 0 Å². The van der Waals surface area contributed by atoms with E-state index in [2.05, 4.69) is 10.6 Å². The van der Waals surface area contributed by atoms with Crippen LogP contribution in [-0.2, 0) is 4.79 Å². The van der Waals surface area contributed by atoms with Gasteiger partial charge >= 0.3 is 12.0 Å². The molecule has 0 unspecified atom stereocenters. The van der Waals surface area contributed by atoms with Gasteiger partial charge in [-0.3, -0.25) is 4.79 Å². The molecule has 0 aliphatic rings. The van der Waals surface area contributed by atoms with Crippen molar-refractivity contribution in [3.05, 3.63) is 29.8 Å². The average molecular weight is 300 g/mol. The highest BCUT2D eigenvalue weighted by atomic mass is 19.1. The number of aliphatic carboxylic acids is 1. The van der Waals surface area contributed by atoms with Crippen molar-refractivity contribution >= 4 is 17.7 Å². The molecule has 116 valence electrons. The van der Waals surface area contributed by atoms with Crippen LogP contribution in [0.1, 0.15) is 32.1 Å². The van der Waals surface area contributed by atoms with Crippen molar-refractivity contribution in [2.75, 3.05) is 11.9 Å². The van der Waals surface area contributed by atoms with Crippen LogP contribution in [0.4, 0.5) is 19.3 Å². The number of halogens is 2. The summed E-state index contributed by atoms with van der Waals surface area (Å²) in [5.74, 6) is -2.33. The molecule has 3 N–H and O–H groups in total. The van der Waals surface area contributed by atoms with Gasteiger partial charge in [-0.15, -0.1) is 0 Å². The van der Waals surface area contributed by atoms with E-state index in [9.17, 15) is 18.4 Å². The summed E-state index contributed by atoms with van der Waals surface area (Å²) in [7, 11) is 0. The minimum absolute atomic E-state index is 0.0476. The van der Waals surface area contributed by atoms with Gasteiger partial charge in [-0.05, 0) is 25.0 Å². The number of unbranched alkanes of at least 4 members (excludes halogenated alkanes) is 3. The van der Waals surface area contributed by atoms with E-state index in [1.54, 1.807) is 0 Å². The maximum atomic E-state index is 12.9. The molecular weight excluding hydrogens is 282 g/mol. The Morgan fingerprint density at radius 2 is 1.62 bits per heavy atom. The number of carbonyl (C=O) groups is 2. The topological polar surface area (TPSA) is 78.4 Å². The van der Waals surface area contributed by atoms with Crippen molar-refractivity contribution in [1.29, 1.82) is 0 Å². The number of anilines is 1. The molecule has 1 aromatic carbocycles. The molecule has 0 heterocycles. The van der Waals surface area contributed by atoms with E-state index in [-0.39, 0.29) is 12.1 Å². The Hall–Kier alpha value is -2.18. The molecular formula is C14H18F2N2O3. The van der Waals surface area contributed by atoms with E-state index in [0.717, 1.165) is 31.0 Å². The average Bonchev–Trinajstić information content (AvgIpc) is 2.35. The van der Waals surface area contributed by atoms with Crippen molar-refractivity contribution in [2.45, 2.75) is 32.1 Å². The third-order valence-electron chi connectivity index (χ3n) is 2.72. The van der Waals surface area contributed by atoms with Crippen LogP contribution in [0.2, 0.25) is 0 Å². The van der Waals surface area contributed by atoms with Gasteiger partial charge in [0.05, 0.1) is 0 Å². The number of carbonyl (C=O) groups excluding carboxylic acids is 1. The van der Waals surface area contributed by atoms with Gasteiger partial charge in [-0.2, -0.15) is 0 Å². The second-order valence-electron chi connectivity index (χ2n) is 4.60. The number of rotatable bonds is 8. The van der Waals surface area contributed by atoms with Gasteiger partial charge < -0.3 is 15.7 Å². The van der Waals surface area contributed by atoms with E-state index >= 15 is 0 Å². The van der Waals surface area contributed by atoms with Gasteiger partial charge in [0.1, 0.15) is 11.6 Å². The summed E-state index contributed by atoms with van der Waals surface area (Å²) in [6, 6.07) is 2.23. The molecule has 1 aromatic rings. The standard InChI is InChI=1S/C14H18F2N2O3/c15-10-7-11(16)9-12(8-10)18-14(21)17-6-4-2-1-3-5-13(19)20/h7-9H,1-6H2,(H,19,20)(H2,17,18,21). The lowest BCUT2D eigenvalue weighted by Crippen LogP contribution is -2.29. The molecule has 0 atom stereocenters. The number of hydrogen-bond acceptors (Lipinski definition) is 2. The SMILES string of the molecule is O=C(O)CCCCCCNC(=O)Nc1cc(F)cc(F)c1. The van der Waals surface area contributed by atoms with E-state index < -0.39 is 23.6 Å². The van der Waals surface area contributed by atoms with Crippen molar-refractivity contribution < 1.29 is 23.5 Å². The second-order valence-corrected chi connectivity index (χ2v) is 4.60. The third-order valence-corrected chi connectivity index (χ3v) is 2.72. The molecule has 2 amide bonds. The summed E-state index contributed by atoms with van der Waals surface area (Å²) in [5, 5.41) is 13.3. The molecule has 0 aromatic heterocycles. The summed E-state index contributed by atoms with van der Waals surface area (Å²) in [5.41, 5.74) is 0.0476. The Kier molecular flexibility index (Phi) is 7.14. The lowest BCUT2D eigenvalue weighted by molar-refractivity contribution is -0.137. The first-order valence-electron chi connectivity index (χ1n) is 6.70. The monoisotopic (exact) mass is 300 g/mol. The summed E-state index contributed by atoms with van der Waals surface area (Å²) in [4.78, 5) is 21.7. The fourth-order valence-electron chi connectivity index (χ4n) is 1.76. The molecule has 21 heavy (non-hydrogen) atoms. The summed E-state index contributed by atoms with van der Waals surface area (Å²) < 4.78 is 25.8. The molecule has 0 aliphatic heterocycles. The zero-order valence-corrected chi connectivity index (χ0v) is 11.5. The fraction of sp³-hybridized carbons (Fsp3) is 0.429. The number of carboxylic acid groups (broad SMARTS) is 1. The van der Waals surface area contributed by atoms with E-state index in [1.165, 1.54) is 0 Å². The normalized spacial score (nSPS) is 10.2. The quantitative estimate of drug-likeness (QED) is 0.645. The number of carboxylic acids is 1. The van der Waals surface area contributed by atoms with Crippen molar-refractivity contribution in [3.63, 3.8) is 0 Å². The Labute approximate surface area is 121 Å². The lowest BCUT2D eigenvalue weighted by Gasteiger charge is -2.07. The zero-order valence-electron chi connectivity index (χ0n) is 11.5. The van der Waals surface area contributed by atoms with E-state index in [1.807, 2.05) is 0 Å². The molecule has 0 saturated carbocycles. The highest BCUT2D eigenvalue weighted by molar-refractivity contribution is 5.89. The van der Waals surface area contributed by atoms with Crippen LogP contribution in [0.25, 0.3) is 0 Å². The van der Waals surface area contributed by atoms with Crippen LogP contribution < -0.4 is 10.6 Å². The molecule has 0 spiro atoms. The fourth-order valence-corrected chi connectivity index (χ4v) is 1.76. The molecule has 7 heteroatoms. The molecule has 5 nitrogen and oxygen atoms in total. The van der Waals surface area contributed by atoms with E-state index in [4.69, 9.17) is 5.11 Å². The van der Waals surface area contributed by atoms with Gasteiger partial charge in [0.2, 0.25) is 0 Å². The number of hydrogen-bond donors (Lipinski definition) is 3. The number of nitrogens with one attached hydrogen (secondary N) is 2. The van der Waals surface area contributed by atoms with E-state index in [0.29, 0.717) is 19.4 Å². The maximum Gasteiger partial charge on any atom is 0.319 e. The maximum absolute atomic E-state index is 12.9. The van der Waals surface area contributed by atoms with Gasteiger partial charge in [-0.25, -0.2) is 13.6 Å². The first kappa shape index (κ1) is 16.9. The minimum atomic E-state index is -0.810. The third kappa shape index (κ3) is 7.86. The van der Waals surface area contributed by atoms with Crippen LogP contribution in [0.15, 0.2) is 18.2 Å². The molecule has 0 fully saturated rings. The summed E-state index contributed by atoms with van der Waals surface area (Å²) in [6.07, 6.45) is 3.07. The molecule has 0 radical (unpaired) electrons. The number of urea groups is 1. The Bertz CT molecular complexity index is 475. The largest absolute Gasteiger partial charge is 0.481 e. The second kappa shape index (κ2) is 8.89. The Morgan fingerprint density at radius 3 is 2.24 bits per heavy atom. The predicted octanol–water partition coefficient (Wildman–Crippen LogP) is 3.12. The summed E-state index contributed by atoms with van der Waals surface area (Å²) in [6.45, 7) is 0.413. The Morgan fingerprint density at radius 1 is 1.00 bits per heavy atom. The van der Waals surface area contributed by atoms with Crippen molar-refractivity contribution in [2.24, 2.45) is 0 Å². The van der Waals surface area contributed by atoms with Crippen molar-refractivity contribution in [1.82, 2.24) is 5.32 Å². The minimum Gasteiger partial charge on any atom is -0.481 e. The van der Waals surface area contributed by atoms with Crippen molar-refractivity contribution in [3.8, 4) is 0 Å². The zero-order chi connectivity index (χ0) is 15.7. The highest BCUT2D eigenvalue weighted by Gasteiger charge is 2.04.